The van der Waals surface area contributed by atoms with Gasteiger partial charge in [0.1, 0.15) is 5.75 Å². The number of para-hydroxylation sites is 1. The average molecular weight is 313 g/mol. The van der Waals surface area contributed by atoms with Gasteiger partial charge in [0, 0.05) is 19.6 Å². The molecule has 1 fully saturated rings. The zero-order valence-corrected chi connectivity index (χ0v) is 13.3. The molecule has 0 aliphatic heterocycles. The standard InChI is InChI=1S/C16H24N2O2.ClH/c1-18(16(19)14-9-5-10-15(14)17)11-6-12-20-13-7-3-2-4-8-13;/h2-4,7-8,14-15H,5-6,9-12,17H2,1H3;1H. The van der Waals surface area contributed by atoms with Crippen LogP contribution in [0.2, 0.25) is 0 Å². The number of nitrogens with two attached hydrogens (primary N) is 1. The van der Waals surface area contributed by atoms with E-state index in [1.54, 1.807) is 4.90 Å². The summed E-state index contributed by atoms with van der Waals surface area (Å²) in [4.78, 5) is 14.0. The van der Waals surface area contributed by atoms with Crippen molar-refractivity contribution in [2.45, 2.75) is 31.7 Å². The van der Waals surface area contributed by atoms with Gasteiger partial charge in [-0.15, -0.1) is 12.4 Å². The van der Waals surface area contributed by atoms with Gasteiger partial charge in [0.25, 0.3) is 0 Å². The van der Waals surface area contributed by atoms with Crippen LogP contribution in [0.4, 0.5) is 0 Å². The molecular weight excluding hydrogens is 288 g/mol. The largest absolute Gasteiger partial charge is 0.494 e. The number of hydrogen-bond donors (Lipinski definition) is 1. The highest BCUT2D eigenvalue weighted by atomic mass is 35.5. The van der Waals surface area contributed by atoms with Gasteiger partial charge in [-0.2, -0.15) is 0 Å². The van der Waals surface area contributed by atoms with E-state index in [0.29, 0.717) is 6.61 Å². The zero-order valence-electron chi connectivity index (χ0n) is 12.5. The minimum absolute atomic E-state index is 0. The molecule has 5 heteroatoms. The Morgan fingerprint density at radius 2 is 2.05 bits per heavy atom. The SMILES string of the molecule is CN(CCCOc1ccccc1)C(=O)C1CCCC1N.Cl. The van der Waals surface area contributed by atoms with E-state index < -0.39 is 0 Å². The monoisotopic (exact) mass is 312 g/mol. The van der Waals surface area contributed by atoms with Crippen molar-refractivity contribution in [1.82, 2.24) is 4.90 Å². The molecule has 2 N–H and O–H groups in total. The summed E-state index contributed by atoms with van der Waals surface area (Å²) in [5, 5.41) is 0. The summed E-state index contributed by atoms with van der Waals surface area (Å²) in [7, 11) is 1.86. The molecule has 0 spiro atoms. The Hall–Kier alpha value is -1.26. The second-order valence-corrected chi connectivity index (χ2v) is 5.48. The molecule has 1 aliphatic carbocycles. The Labute approximate surface area is 133 Å². The molecule has 118 valence electrons. The van der Waals surface area contributed by atoms with Crippen LogP contribution in [-0.2, 0) is 4.79 Å². The van der Waals surface area contributed by atoms with Crippen molar-refractivity contribution in [3.05, 3.63) is 30.3 Å². The fraction of sp³-hybridized carbons (Fsp3) is 0.562. The molecule has 1 aliphatic rings. The number of ether oxygens (including phenoxy) is 1. The van der Waals surface area contributed by atoms with E-state index in [4.69, 9.17) is 10.5 Å². The smallest absolute Gasteiger partial charge is 0.226 e. The summed E-state index contributed by atoms with van der Waals surface area (Å²) < 4.78 is 5.62. The van der Waals surface area contributed by atoms with Crippen LogP contribution in [0.5, 0.6) is 5.75 Å². The van der Waals surface area contributed by atoms with Crippen molar-refractivity contribution in [2.24, 2.45) is 11.7 Å². The first-order valence-electron chi connectivity index (χ1n) is 7.37. The maximum absolute atomic E-state index is 12.2. The lowest BCUT2D eigenvalue weighted by atomic mass is 10.0. The van der Waals surface area contributed by atoms with E-state index in [9.17, 15) is 4.79 Å². The number of carbonyl (C=O) groups is 1. The van der Waals surface area contributed by atoms with Crippen molar-refractivity contribution in [1.29, 1.82) is 0 Å². The molecule has 2 rings (SSSR count). The topological polar surface area (TPSA) is 55.6 Å². The predicted octanol–water partition coefficient (Wildman–Crippen LogP) is 2.46. The molecule has 1 saturated carbocycles. The van der Waals surface area contributed by atoms with Gasteiger partial charge in [-0.25, -0.2) is 0 Å². The number of hydrogen-bond acceptors (Lipinski definition) is 3. The van der Waals surface area contributed by atoms with E-state index in [0.717, 1.165) is 38.0 Å². The normalized spacial score (nSPS) is 20.7. The highest BCUT2D eigenvalue weighted by Gasteiger charge is 2.31. The Kier molecular flexibility index (Phi) is 7.54. The Bertz CT molecular complexity index is 428. The van der Waals surface area contributed by atoms with Crippen LogP contribution in [0.3, 0.4) is 0 Å². The van der Waals surface area contributed by atoms with Crippen LogP contribution in [0.1, 0.15) is 25.7 Å². The molecule has 2 atom stereocenters. The fourth-order valence-electron chi connectivity index (χ4n) is 2.70. The quantitative estimate of drug-likeness (QED) is 0.821. The molecule has 1 aromatic rings. The highest BCUT2D eigenvalue weighted by molar-refractivity contribution is 5.85. The van der Waals surface area contributed by atoms with Gasteiger partial charge in [-0.05, 0) is 31.4 Å². The number of carbonyl (C=O) groups excluding carboxylic acids is 1. The molecule has 1 amide bonds. The van der Waals surface area contributed by atoms with Gasteiger partial charge in [-0.1, -0.05) is 24.6 Å². The summed E-state index contributed by atoms with van der Waals surface area (Å²) >= 11 is 0. The van der Waals surface area contributed by atoms with Crippen LogP contribution >= 0.6 is 12.4 Å². The average Bonchev–Trinajstić information content (AvgIpc) is 2.90. The lowest BCUT2D eigenvalue weighted by molar-refractivity contribution is -0.134. The van der Waals surface area contributed by atoms with Crippen LogP contribution in [0, 0.1) is 5.92 Å². The van der Waals surface area contributed by atoms with Crippen molar-refractivity contribution in [3.63, 3.8) is 0 Å². The number of benzene rings is 1. The number of amides is 1. The van der Waals surface area contributed by atoms with E-state index >= 15 is 0 Å². The first-order valence-corrected chi connectivity index (χ1v) is 7.37. The maximum atomic E-state index is 12.2. The third-order valence-electron chi connectivity index (χ3n) is 3.91. The van der Waals surface area contributed by atoms with Gasteiger partial charge in [0.05, 0.1) is 12.5 Å². The second-order valence-electron chi connectivity index (χ2n) is 5.48. The van der Waals surface area contributed by atoms with E-state index in [1.807, 2.05) is 37.4 Å². The molecule has 0 heterocycles. The van der Waals surface area contributed by atoms with Crippen molar-refractivity contribution in [2.75, 3.05) is 20.2 Å². The third kappa shape index (κ3) is 5.21. The zero-order chi connectivity index (χ0) is 14.4. The molecule has 21 heavy (non-hydrogen) atoms. The predicted molar refractivity (Wildman–Crippen MR) is 86.8 cm³/mol. The molecule has 1 aromatic carbocycles. The Morgan fingerprint density at radius 1 is 1.33 bits per heavy atom. The Balaban J connectivity index is 0.00000220. The maximum Gasteiger partial charge on any atom is 0.226 e. The lowest BCUT2D eigenvalue weighted by Crippen LogP contribution is -2.40. The van der Waals surface area contributed by atoms with Crippen LogP contribution < -0.4 is 10.5 Å². The third-order valence-corrected chi connectivity index (χ3v) is 3.91. The van der Waals surface area contributed by atoms with Gasteiger partial charge < -0.3 is 15.4 Å². The molecule has 4 nitrogen and oxygen atoms in total. The minimum Gasteiger partial charge on any atom is -0.494 e. The van der Waals surface area contributed by atoms with Crippen molar-refractivity contribution >= 4 is 18.3 Å². The second kappa shape index (κ2) is 8.90. The summed E-state index contributed by atoms with van der Waals surface area (Å²) in [6.45, 7) is 1.34. The van der Waals surface area contributed by atoms with Gasteiger partial charge >= 0.3 is 0 Å². The molecular formula is C16H25ClN2O2. The molecule has 0 radical (unpaired) electrons. The number of nitrogens with zero attached hydrogens (tertiary/aromatic N) is 1. The van der Waals surface area contributed by atoms with E-state index in [-0.39, 0.29) is 30.3 Å². The van der Waals surface area contributed by atoms with Gasteiger partial charge in [-0.3, -0.25) is 4.79 Å². The fourth-order valence-corrected chi connectivity index (χ4v) is 2.70. The van der Waals surface area contributed by atoms with E-state index in [1.165, 1.54) is 0 Å². The summed E-state index contributed by atoms with van der Waals surface area (Å²) in [5.41, 5.74) is 5.98. The molecule has 2 unspecified atom stereocenters. The Morgan fingerprint density at radius 3 is 2.67 bits per heavy atom. The van der Waals surface area contributed by atoms with Crippen molar-refractivity contribution < 1.29 is 9.53 Å². The lowest BCUT2D eigenvalue weighted by Gasteiger charge is -2.23. The molecule has 0 saturated heterocycles. The first kappa shape index (κ1) is 17.8. The first-order chi connectivity index (χ1) is 9.68. The molecule has 0 aromatic heterocycles. The number of halogens is 1. The van der Waals surface area contributed by atoms with E-state index in [2.05, 4.69) is 0 Å². The summed E-state index contributed by atoms with van der Waals surface area (Å²) in [5.74, 6) is 1.09. The van der Waals surface area contributed by atoms with Crippen molar-refractivity contribution in [3.8, 4) is 5.75 Å². The van der Waals surface area contributed by atoms with Crippen LogP contribution in [0.15, 0.2) is 30.3 Å². The molecule has 0 bridgehead atoms. The van der Waals surface area contributed by atoms with Gasteiger partial charge in [0.2, 0.25) is 5.91 Å². The van der Waals surface area contributed by atoms with Crippen LogP contribution in [0.25, 0.3) is 0 Å². The highest BCUT2D eigenvalue weighted by Crippen LogP contribution is 2.25. The summed E-state index contributed by atoms with van der Waals surface area (Å²) in [6, 6.07) is 9.78. The number of rotatable bonds is 6. The summed E-state index contributed by atoms with van der Waals surface area (Å²) in [6.07, 6.45) is 3.81. The van der Waals surface area contributed by atoms with Crippen LogP contribution in [-0.4, -0.2) is 37.0 Å². The van der Waals surface area contributed by atoms with Gasteiger partial charge in [0.15, 0.2) is 0 Å². The minimum atomic E-state index is 0.